The summed E-state index contributed by atoms with van der Waals surface area (Å²) < 4.78 is 0. The normalized spacial score (nSPS) is 0. The standard InChI is InChI=1S/Al.3ClH.Mg.2H/h;3*1H;;;/q+3;;;;;;/p-3. The first-order valence-electron chi connectivity index (χ1n) is 0. The Labute approximate surface area is 77.0 Å². The molecular formula is H2AlCl3Mg. The summed E-state index contributed by atoms with van der Waals surface area (Å²) in [6.07, 6.45) is 0. The summed E-state index contributed by atoms with van der Waals surface area (Å²) in [6, 6.07) is 0. The van der Waals surface area contributed by atoms with Crippen LogP contribution in [0.15, 0.2) is 0 Å². The third-order valence-corrected chi connectivity index (χ3v) is 0. The first kappa shape index (κ1) is 58.0. The fourth-order valence-electron chi connectivity index (χ4n) is 0. The van der Waals surface area contributed by atoms with Crippen molar-refractivity contribution < 1.29 is 37.2 Å². The van der Waals surface area contributed by atoms with E-state index in [1.165, 1.54) is 0 Å². The van der Waals surface area contributed by atoms with Crippen molar-refractivity contribution in [1.82, 2.24) is 0 Å². The van der Waals surface area contributed by atoms with Gasteiger partial charge >= 0.3 is 40.4 Å². The quantitative estimate of drug-likeness (QED) is 0.308. The third-order valence-electron chi connectivity index (χ3n) is 0. The van der Waals surface area contributed by atoms with Gasteiger partial charge in [0.2, 0.25) is 0 Å². The Morgan fingerprint density at radius 2 is 0.600 bits per heavy atom. The molecule has 28 valence electrons. The molecule has 0 aromatic heterocycles. The van der Waals surface area contributed by atoms with Gasteiger partial charge < -0.3 is 37.2 Å². The Bertz CT molecular complexity index is 6.85. The first-order chi connectivity index (χ1) is 0. The van der Waals surface area contributed by atoms with Gasteiger partial charge in [0.05, 0.1) is 0 Å². The Kier molecular flexibility index (Phi) is 406. The van der Waals surface area contributed by atoms with E-state index >= 15 is 0 Å². The molecule has 0 bridgehead atoms. The van der Waals surface area contributed by atoms with Crippen LogP contribution in [0.1, 0.15) is 0 Å². The fraction of sp³-hybridized carbons (Fsp3) is 0. The summed E-state index contributed by atoms with van der Waals surface area (Å²) in [5.74, 6) is 0. The van der Waals surface area contributed by atoms with Gasteiger partial charge in [0.25, 0.3) is 0 Å². The van der Waals surface area contributed by atoms with Crippen LogP contribution in [-0.2, 0) is 0 Å². The summed E-state index contributed by atoms with van der Waals surface area (Å²) in [6.45, 7) is 0. The van der Waals surface area contributed by atoms with Gasteiger partial charge in [0, 0.05) is 0 Å². The molecule has 0 radical (unpaired) electrons. The SMILES string of the molecule is [Al+3].[Cl-].[Cl-].[Cl-].[MgH2]. The van der Waals surface area contributed by atoms with Crippen molar-refractivity contribution in [2.75, 3.05) is 0 Å². The van der Waals surface area contributed by atoms with Crippen LogP contribution >= 0.6 is 0 Å². The topological polar surface area (TPSA) is 0 Å². The Hall–Kier alpha value is 2.17. The molecule has 5 heteroatoms. The minimum absolute atomic E-state index is 0. The molecule has 0 heterocycles. The van der Waals surface area contributed by atoms with Crippen molar-refractivity contribution >= 4 is 40.4 Å². The van der Waals surface area contributed by atoms with Crippen LogP contribution < -0.4 is 37.2 Å². The minimum Gasteiger partial charge on any atom is -1.00 e. The van der Waals surface area contributed by atoms with Crippen LogP contribution in [0.25, 0.3) is 0 Å². The predicted octanol–water partition coefficient (Wildman–Crippen LogP) is -10.3. The summed E-state index contributed by atoms with van der Waals surface area (Å²) in [5.41, 5.74) is 0. The Morgan fingerprint density at radius 1 is 0.600 bits per heavy atom. The smallest absolute Gasteiger partial charge is 1.00 e. The maximum Gasteiger partial charge on any atom is 3.00 e. The van der Waals surface area contributed by atoms with Gasteiger partial charge in [0.1, 0.15) is 0 Å². The van der Waals surface area contributed by atoms with E-state index in [1.54, 1.807) is 0 Å². The van der Waals surface area contributed by atoms with Crippen LogP contribution in [-0.4, -0.2) is 40.4 Å². The van der Waals surface area contributed by atoms with Gasteiger partial charge in [-0.2, -0.15) is 0 Å². The number of hydrogen-bond donors (Lipinski definition) is 0. The van der Waals surface area contributed by atoms with Crippen molar-refractivity contribution in [2.45, 2.75) is 0 Å². The molecule has 0 aliphatic rings. The molecule has 0 saturated heterocycles. The molecule has 0 aliphatic carbocycles. The first-order valence-corrected chi connectivity index (χ1v) is 0. The maximum atomic E-state index is 0. The largest absolute Gasteiger partial charge is 3.00 e. The van der Waals surface area contributed by atoms with E-state index in [0.717, 1.165) is 0 Å². The molecule has 0 unspecified atom stereocenters. The van der Waals surface area contributed by atoms with Crippen LogP contribution in [0, 0.1) is 0 Å². The molecule has 0 saturated carbocycles. The van der Waals surface area contributed by atoms with Gasteiger partial charge in [-0.05, 0) is 0 Å². The predicted molar refractivity (Wildman–Crippen MR) is 14.3 cm³/mol. The van der Waals surface area contributed by atoms with E-state index in [2.05, 4.69) is 0 Å². The minimum atomic E-state index is 0. The zero-order valence-electron chi connectivity index (χ0n) is 1.71. The molecule has 5 heavy (non-hydrogen) atoms. The van der Waals surface area contributed by atoms with Crippen LogP contribution in [0.2, 0.25) is 0 Å². The molecule has 0 atom stereocenters. The molecule has 0 N–H and O–H groups in total. The summed E-state index contributed by atoms with van der Waals surface area (Å²) in [4.78, 5) is 0. The second-order valence-electron chi connectivity index (χ2n) is 0. The fourth-order valence-corrected chi connectivity index (χ4v) is 0. The molecule has 0 fully saturated rings. The van der Waals surface area contributed by atoms with Crippen molar-refractivity contribution in [3.63, 3.8) is 0 Å². The van der Waals surface area contributed by atoms with E-state index in [0.29, 0.717) is 0 Å². The molecule has 0 amide bonds. The van der Waals surface area contributed by atoms with E-state index in [-0.39, 0.29) is 77.6 Å². The van der Waals surface area contributed by atoms with E-state index in [9.17, 15) is 0 Å². The van der Waals surface area contributed by atoms with Crippen molar-refractivity contribution in [3.8, 4) is 0 Å². The summed E-state index contributed by atoms with van der Waals surface area (Å²) in [5, 5.41) is 0. The number of halogens is 3. The van der Waals surface area contributed by atoms with Crippen LogP contribution in [0.3, 0.4) is 0 Å². The van der Waals surface area contributed by atoms with E-state index < -0.39 is 0 Å². The second kappa shape index (κ2) is 35.0. The molecule has 0 aromatic rings. The average Bonchev–Trinajstić information content (AvgIpc) is 0. The zero-order valence-corrected chi connectivity index (χ0v) is 5.13. The van der Waals surface area contributed by atoms with E-state index in [1.807, 2.05) is 0 Å². The van der Waals surface area contributed by atoms with Crippen molar-refractivity contribution in [2.24, 2.45) is 0 Å². The van der Waals surface area contributed by atoms with Gasteiger partial charge in [-0.3, -0.25) is 0 Å². The maximum absolute atomic E-state index is 0. The monoisotopic (exact) mass is 158 g/mol. The van der Waals surface area contributed by atoms with Gasteiger partial charge in [0.15, 0.2) is 0 Å². The Balaban J connectivity index is 0. The average molecular weight is 160 g/mol. The molecule has 0 aliphatic heterocycles. The molecule has 0 aromatic carbocycles. The van der Waals surface area contributed by atoms with Crippen LogP contribution in [0.5, 0.6) is 0 Å². The van der Waals surface area contributed by atoms with Gasteiger partial charge in [-0.15, -0.1) is 0 Å². The molecule has 0 spiro atoms. The van der Waals surface area contributed by atoms with Gasteiger partial charge in [-0.25, -0.2) is 0 Å². The molecule has 0 rings (SSSR count). The van der Waals surface area contributed by atoms with Crippen molar-refractivity contribution in [1.29, 1.82) is 0 Å². The number of hydrogen-bond acceptors (Lipinski definition) is 0. The Morgan fingerprint density at radius 3 is 0.600 bits per heavy atom. The van der Waals surface area contributed by atoms with E-state index in [4.69, 9.17) is 0 Å². The zero-order chi connectivity index (χ0) is 0. The summed E-state index contributed by atoms with van der Waals surface area (Å²) >= 11 is 0. The van der Waals surface area contributed by atoms with Crippen molar-refractivity contribution in [3.05, 3.63) is 0 Å². The molecule has 0 nitrogen and oxygen atoms in total. The van der Waals surface area contributed by atoms with Crippen LogP contribution in [0.4, 0.5) is 0 Å². The summed E-state index contributed by atoms with van der Waals surface area (Å²) in [7, 11) is 0. The molecular weight excluding hydrogens is 158 g/mol. The number of rotatable bonds is 0. The second-order valence-corrected chi connectivity index (χ2v) is 0. The van der Waals surface area contributed by atoms with Gasteiger partial charge in [-0.1, -0.05) is 0 Å². The third kappa shape index (κ3) is 22.8.